The lowest BCUT2D eigenvalue weighted by Crippen LogP contribution is -2.43. The third kappa shape index (κ3) is 4.59. The molecule has 0 aliphatic rings. The summed E-state index contributed by atoms with van der Waals surface area (Å²) in [6.45, 7) is 0. The number of aromatic nitrogens is 2. The number of carbonyl (C=O) groups excluding carboxylic acids is 2. The van der Waals surface area contributed by atoms with E-state index in [0.717, 1.165) is 20.8 Å². The molecule has 1 N–H and O–H groups in total. The van der Waals surface area contributed by atoms with E-state index in [4.69, 9.17) is 4.74 Å². The summed E-state index contributed by atoms with van der Waals surface area (Å²) in [6, 6.07) is 10.7. The second-order valence-corrected chi connectivity index (χ2v) is 7.32. The number of carbonyl (C=O) groups is 2. The summed E-state index contributed by atoms with van der Waals surface area (Å²) in [7, 11) is 1.32. The van der Waals surface area contributed by atoms with Gasteiger partial charge in [0.15, 0.2) is 0 Å². The molecule has 1 atom stereocenters. The Morgan fingerprint density at radius 2 is 2.04 bits per heavy atom. The standard InChI is InChI=1S/C18H17N3O3S2/c1-24-18(23)14(9-12-5-3-2-4-6-12)21-15(22)10-26-17-16-13(7-8-25-16)19-11-20-17/h2-8,11,14H,9-10H2,1H3,(H,21,22)/t14-/m1/s1. The lowest BCUT2D eigenvalue weighted by molar-refractivity contribution is -0.144. The number of thioether (sulfide) groups is 1. The van der Waals surface area contributed by atoms with Crippen LogP contribution in [0.2, 0.25) is 0 Å². The van der Waals surface area contributed by atoms with Gasteiger partial charge in [0.05, 0.1) is 23.1 Å². The highest BCUT2D eigenvalue weighted by atomic mass is 32.2. The van der Waals surface area contributed by atoms with Gasteiger partial charge in [0.1, 0.15) is 17.4 Å². The maximum Gasteiger partial charge on any atom is 0.328 e. The molecule has 8 heteroatoms. The van der Waals surface area contributed by atoms with Crippen LogP contribution in [0.25, 0.3) is 10.2 Å². The molecule has 1 amide bonds. The molecule has 3 rings (SSSR count). The van der Waals surface area contributed by atoms with Crippen LogP contribution in [0.1, 0.15) is 5.56 Å². The summed E-state index contributed by atoms with van der Waals surface area (Å²) in [5.74, 6) is -0.550. The molecular weight excluding hydrogens is 370 g/mol. The molecule has 0 bridgehead atoms. The predicted octanol–water partition coefficient (Wildman–Crippen LogP) is 2.68. The van der Waals surface area contributed by atoms with Gasteiger partial charge in [0, 0.05) is 6.42 Å². The van der Waals surface area contributed by atoms with E-state index in [9.17, 15) is 9.59 Å². The monoisotopic (exact) mass is 387 g/mol. The molecule has 134 valence electrons. The summed E-state index contributed by atoms with van der Waals surface area (Å²) < 4.78 is 5.77. The van der Waals surface area contributed by atoms with Crippen LogP contribution < -0.4 is 5.32 Å². The Balaban J connectivity index is 1.62. The fraction of sp³-hybridized carbons (Fsp3) is 0.222. The van der Waals surface area contributed by atoms with Crippen molar-refractivity contribution < 1.29 is 14.3 Å². The second-order valence-electron chi connectivity index (χ2n) is 5.44. The van der Waals surface area contributed by atoms with Crippen molar-refractivity contribution >= 4 is 45.2 Å². The number of fused-ring (bicyclic) bond motifs is 1. The second kappa shape index (κ2) is 8.77. The van der Waals surface area contributed by atoms with Crippen LogP contribution in [0.15, 0.2) is 53.1 Å². The van der Waals surface area contributed by atoms with Gasteiger partial charge in [-0.05, 0) is 17.0 Å². The summed E-state index contributed by atoms with van der Waals surface area (Å²) in [4.78, 5) is 32.8. The molecule has 0 saturated heterocycles. The molecule has 1 aromatic carbocycles. The van der Waals surface area contributed by atoms with Gasteiger partial charge >= 0.3 is 5.97 Å². The summed E-state index contributed by atoms with van der Waals surface area (Å²) >= 11 is 2.86. The summed E-state index contributed by atoms with van der Waals surface area (Å²) in [5, 5.41) is 5.46. The van der Waals surface area contributed by atoms with Crippen molar-refractivity contribution in [1.82, 2.24) is 15.3 Å². The summed E-state index contributed by atoms with van der Waals surface area (Å²) in [6.07, 6.45) is 1.87. The predicted molar refractivity (Wildman–Crippen MR) is 102 cm³/mol. The Morgan fingerprint density at radius 1 is 1.23 bits per heavy atom. The molecule has 0 aliphatic heterocycles. The maximum absolute atomic E-state index is 12.3. The first-order chi connectivity index (χ1) is 12.7. The van der Waals surface area contributed by atoms with Crippen LogP contribution in [0, 0.1) is 0 Å². The number of benzene rings is 1. The van der Waals surface area contributed by atoms with E-state index in [-0.39, 0.29) is 11.7 Å². The number of hydrogen-bond acceptors (Lipinski definition) is 7. The fourth-order valence-corrected chi connectivity index (χ4v) is 4.18. The number of hydrogen-bond donors (Lipinski definition) is 1. The summed E-state index contributed by atoms with van der Waals surface area (Å²) in [5.41, 5.74) is 1.82. The Kier molecular flexibility index (Phi) is 6.19. The average molecular weight is 387 g/mol. The largest absolute Gasteiger partial charge is 0.467 e. The topological polar surface area (TPSA) is 81.2 Å². The Labute approximate surface area is 159 Å². The number of ether oxygens (including phenoxy) is 1. The Hall–Kier alpha value is -2.45. The number of esters is 1. The zero-order valence-corrected chi connectivity index (χ0v) is 15.7. The molecule has 0 spiro atoms. The highest BCUT2D eigenvalue weighted by Gasteiger charge is 2.22. The molecule has 26 heavy (non-hydrogen) atoms. The van der Waals surface area contributed by atoms with Crippen molar-refractivity contribution in [2.45, 2.75) is 17.5 Å². The lowest BCUT2D eigenvalue weighted by atomic mass is 10.1. The third-order valence-corrected chi connectivity index (χ3v) is 5.68. The fourth-order valence-electron chi connectivity index (χ4n) is 2.42. The first kappa shape index (κ1) is 18.3. The number of nitrogens with zero attached hydrogens (tertiary/aromatic N) is 2. The Bertz CT molecular complexity index is 899. The smallest absolute Gasteiger partial charge is 0.328 e. The maximum atomic E-state index is 12.3. The van der Waals surface area contributed by atoms with Gasteiger partial charge in [-0.3, -0.25) is 4.79 Å². The first-order valence-electron chi connectivity index (χ1n) is 7.89. The third-order valence-electron chi connectivity index (χ3n) is 3.65. The van der Waals surface area contributed by atoms with Gasteiger partial charge in [-0.15, -0.1) is 11.3 Å². The van der Waals surface area contributed by atoms with Crippen molar-refractivity contribution in [2.24, 2.45) is 0 Å². The van der Waals surface area contributed by atoms with Gasteiger partial charge in [0.25, 0.3) is 0 Å². The number of nitrogens with one attached hydrogen (secondary N) is 1. The average Bonchev–Trinajstić information content (AvgIpc) is 3.15. The number of thiophene rings is 1. The zero-order chi connectivity index (χ0) is 18.4. The van der Waals surface area contributed by atoms with Crippen molar-refractivity contribution in [3.8, 4) is 0 Å². The lowest BCUT2D eigenvalue weighted by Gasteiger charge is -2.16. The number of amides is 1. The van der Waals surface area contributed by atoms with E-state index in [1.54, 1.807) is 0 Å². The van der Waals surface area contributed by atoms with Gasteiger partial charge in [0.2, 0.25) is 5.91 Å². The minimum Gasteiger partial charge on any atom is -0.467 e. The Morgan fingerprint density at radius 3 is 2.81 bits per heavy atom. The SMILES string of the molecule is COC(=O)[C@@H](Cc1ccccc1)NC(=O)CSc1ncnc2ccsc12. The van der Waals surface area contributed by atoms with E-state index in [2.05, 4.69) is 15.3 Å². The van der Waals surface area contributed by atoms with E-state index < -0.39 is 12.0 Å². The molecule has 6 nitrogen and oxygen atoms in total. The van der Waals surface area contributed by atoms with Crippen LogP contribution in [0.5, 0.6) is 0 Å². The number of rotatable bonds is 7. The van der Waals surface area contributed by atoms with Gasteiger partial charge in [-0.1, -0.05) is 42.1 Å². The highest BCUT2D eigenvalue weighted by molar-refractivity contribution is 8.00. The van der Waals surface area contributed by atoms with E-state index in [1.165, 1.54) is 36.5 Å². The van der Waals surface area contributed by atoms with Crippen molar-refractivity contribution in [3.05, 3.63) is 53.7 Å². The number of methoxy groups -OCH3 is 1. The quantitative estimate of drug-likeness (QED) is 0.381. The van der Waals surface area contributed by atoms with E-state index in [1.807, 2.05) is 41.8 Å². The van der Waals surface area contributed by atoms with Gasteiger partial charge < -0.3 is 10.1 Å². The highest BCUT2D eigenvalue weighted by Crippen LogP contribution is 2.28. The van der Waals surface area contributed by atoms with Crippen molar-refractivity contribution in [1.29, 1.82) is 0 Å². The molecule has 3 aromatic rings. The van der Waals surface area contributed by atoms with E-state index >= 15 is 0 Å². The van der Waals surface area contributed by atoms with Crippen LogP contribution in [0.4, 0.5) is 0 Å². The first-order valence-corrected chi connectivity index (χ1v) is 9.76. The van der Waals surface area contributed by atoms with Crippen LogP contribution in [0.3, 0.4) is 0 Å². The van der Waals surface area contributed by atoms with Crippen molar-refractivity contribution in [3.63, 3.8) is 0 Å². The van der Waals surface area contributed by atoms with Crippen molar-refractivity contribution in [2.75, 3.05) is 12.9 Å². The van der Waals surface area contributed by atoms with Crippen LogP contribution >= 0.6 is 23.1 Å². The minimum absolute atomic E-state index is 0.159. The minimum atomic E-state index is -0.720. The molecule has 2 heterocycles. The van der Waals surface area contributed by atoms with Crippen LogP contribution in [-0.2, 0) is 20.7 Å². The van der Waals surface area contributed by atoms with E-state index in [0.29, 0.717) is 6.42 Å². The molecule has 0 radical (unpaired) electrons. The van der Waals surface area contributed by atoms with Crippen LogP contribution in [-0.4, -0.2) is 40.7 Å². The molecule has 0 saturated carbocycles. The zero-order valence-electron chi connectivity index (χ0n) is 14.0. The normalized spacial score (nSPS) is 11.9. The molecule has 0 aliphatic carbocycles. The van der Waals surface area contributed by atoms with Gasteiger partial charge in [-0.25, -0.2) is 14.8 Å². The molecular formula is C18H17N3O3S2. The molecule has 2 aromatic heterocycles. The molecule has 0 fully saturated rings. The van der Waals surface area contributed by atoms with Gasteiger partial charge in [-0.2, -0.15) is 0 Å². The molecule has 0 unspecified atom stereocenters.